The fourth-order valence-electron chi connectivity index (χ4n) is 0.293. The molecule has 0 N–H and O–H groups in total. The molecule has 0 spiro atoms. The van der Waals surface area contributed by atoms with Gasteiger partial charge in [0.25, 0.3) is 0 Å². The third-order valence-electron chi connectivity index (χ3n) is 2.42. The standard InChI is InChI=1S/C8H15F3O3S2/c1-6(2,3)7(4,5)15-14-16(12,13)8(9,10)11/h1-5H3. The highest BCUT2D eigenvalue weighted by Crippen LogP contribution is 2.43. The fraction of sp³-hybridized carbons (Fsp3) is 1.00. The summed E-state index contributed by atoms with van der Waals surface area (Å²) >= 11 is 0.312. The molecule has 0 unspecified atom stereocenters. The minimum Gasteiger partial charge on any atom is -0.190 e. The maximum absolute atomic E-state index is 12.0. The van der Waals surface area contributed by atoms with Crippen molar-refractivity contribution < 1.29 is 25.2 Å². The maximum Gasteiger partial charge on any atom is 0.524 e. The summed E-state index contributed by atoms with van der Waals surface area (Å²) in [5.74, 6) is 0. The van der Waals surface area contributed by atoms with Crippen LogP contribution in [0.5, 0.6) is 0 Å². The van der Waals surface area contributed by atoms with Crippen LogP contribution in [0.25, 0.3) is 0 Å². The van der Waals surface area contributed by atoms with Crippen molar-refractivity contribution in [3.05, 3.63) is 0 Å². The van der Waals surface area contributed by atoms with Gasteiger partial charge in [0.15, 0.2) is 0 Å². The van der Waals surface area contributed by atoms with Gasteiger partial charge < -0.3 is 0 Å². The first-order valence-corrected chi connectivity index (χ1v) is 6.54. The van der Waals surface area contributed by atoms with Gasteiger partial charge in [-0.3, -0.25) is 0 Å². The molecule has 0 fully saturated rings. The lowest BCUT2D eigenvalue weighted by molar-refractivity contribution is -0.0494. The Morgan fingerprint density at radius 1 is 1.00 bits per heavy atom. The van der Waals surface area contributed by atoms with E-state index in [2.05, 4.69) is 3.63 Å². The zero-order valence-electron chi connectivity index (χ0n) is 9.68. The SMILES string of the molecule is CC(C)(C)C(C)(C)SOS(=O)(=O)C(F)(F)F. The molecular weight excluding hydrogens is 265 g/mol. The molecule has 0 aromatic rings. The highest BCUT2D eigenvalue weighted by Gasteiger charge is 2.49. The fourth-order valence-corrected chi connectivity index (χ4v) is 1.89. The third kappa shape index (κ3) is 3.81. The Morgan fingerprint density at radius 3 is 1.62 bits per heavy atom. The Hall–Kier alpha value is 0.0500. The van der Waals surface area contributed by atoms with E-state index in [-0.39, 0.29) is 0 Å². The van der Waals surface area contributed by atoms with Gasteiger partial charge in [0.1, 0.15) is 0 Å². The second kappa shape index (κ2) is 4.38. The summed E-state index contributed by atoms with van der Waals surface area (Å²) in [7, 11) is -5.53. The van der Waals surface area contributed by atoms with Crippen molar-refractivity contribution in [2.45, 2.75) is 44.9 Å². The van der Waals surface area contributed by atoms with Crippen molar-refractivity contribution in [3.8, 4) is 0 Å². The van der Waals surface area contributed by atoms with Crippen LogP contribution in [-0.4, -0.2) is 18.7 Å². The van der Waals surface area contributed by atoms with Gasteiger partial charge in [-0.15, -0.1) is 0 Å². The molecule has 8 heteroatoms. The van der Waals surface area contributed by atoms with Gasteiger partial charge >= 0.3 is 15.6 Å². The van der Waals surface area contributed by atoms with E-state index in [1.165, 1.54) is 0 Å². The summed E-state index contributed by atoms with van der Waals surface area (Å²) in [5, 5.41) is 0. The van der Waals surface area contributed by atoms with E-state index >= 15 is 0 Å². The Bertz CT molecular complexity index is 339. The molecule has 98 valence electrons. The van der Waals surface area contributed by atoms with E-state index in [9.17, 15) is 21.6 Å². The first-order valence-electron chi connectivity index (χ1n) is 4.39. The molecule has 0 amide bonds. The van der Waals surface area contributed by atoms with Crippen LogP contribution in [-0.2, 0) is 13.7 Å². The predicted octanol–water partition coefficient (Wildman–Crippen LogP) is 3.33. The van der Waals surface area contributed by atoms with Crippen LogP contribution in [0, 0.1) is 5.41 Å². The smallest absolute Gasteiger partial charge is 0.190 e. The zero-order valence-corrected chi connectivity index (χ0v) is 11.3. The number of halogens is 3. The second-order valence-electron chi connectivity index (χ2n) is 4.81. The molecule has 0 aliphatic rings. The number of hydrogen-bond donors (Lipinski definition) is 0. The summed E-state index contributed by atoms with van der Waals surface area (Å²) in [6, 6.07) is 0. The highest BCUT2D eigenvalue weighted by molar-refractivity contribution is 8.05. The molecule has 3 nitrogen and oxygen atoms in total. The summed E-state index contributed by atoms with van der Waals surface area (Å²) in [4.78, 5) is 0. The van der Waals surface area contributed by atoms with Gasteiger partial charge in [0.2, 0.25) is 0 Å². The summed E-state index contributed by atoms with van der Waals surface area (Å²) in [6.45, 7) is 8.57. The monoisotopic (exact) mass is 280 g/mol. The summed E-state index contributed by atoms with van der Waals surface area (Å²) in [6.07, 6.45) is 0. The van der Waals surface area contributed by atoms with Gasteiger partial charge in [-0.2, -0.15) is 25.2 Å². The van der Waals surface area contributed by atoms with Crippen molar-refractivity contribution >= 4 is 22.2 Å². The van der Waals surface area contributed by atoms with Crippen LogP contribution in [0.1, 0.15) is 34.6 Å². The first kappa shape index (κ1) is 16.1. The van der Waals surface area contributed by atoms with Gasteiger partial charge in [0, 0.05) is 16.8 Å². The molecule has 0 aliphatic carbocycles. The molecule has 0 rings (SSSR count). The number of hydrogen-bond acceptors (Lipinski definition) is 4. The lowest BCUT2D eigenvalue weighted by Gasteiger charge is -2.36. The molecule has 0 aromatic heterocycles. The van der Waals surface area contributed by atoms with Crippen LogP contribution in [0.2, 0.25) is 0 Å². The summed E-state index contributed by atoms with van der Waals surface area (Å²) < 4.78 is 60.4. The van der Waals surface area contributed by atoms with Crippen LogP contribution in [0.15, 0.2) is 0 Å². The Balaban J connectivity index is 4.73. The third-order valence-corrected chi connectivity index (χ3v) is 5.01. The Morgan fingerprint density at radius 2 is 1.38 bits per heavy atom. The lowest BCUT2D eigenvalue weighted by atomic mass is 9.83. The lowest BCUT2D eigenvalue weighted by Crippen LogP contribution is -2.35. The molecule has 0 radical (unpaired) electrons. The van der Waals surface area contributed by atoms with Crippen LogP contribution in [0.3, 0.4) is 0 Å². The molecule has 0 aliphatic heterocycles. The van der Waals surface area contributed by atoms with E-state index in [0.717, 1.165) is 0 Å². The normalized spacial score (nSPS) is 15.2. The molecule has 0 heterocycles. The quantitative estimate of drug-likeness (QED) is 0.587. The van der Waals surface area contributed by atoms with Gasteiger partial charge in [-0.25, -0.2) is 0 Å². The van der Waals surface area contributed by atoms with Gasteiger partial charge in [-0.05, 0) is 19.3 Å². The number of alkyl halides is 3. The molecule has 0 aromatic carbocycles. The molecule has 0 saturated heterocycles. The van der Waals surface area contributed by atoms with E-state index < -0.39 is 25.8 Å². The second-order valence-corrected chi connectivity index (χ2v) is 7.91. The van der Waals surface area contributed by atoms with Crippen molar-refractivity contribution in [1.29, 1.82) is 0 Å². The largest absolute Gasteiger partial charge is 0.524 e. The van der Waals surface area contributed by atoms with E-state index in [4.69, 9.17) is 0 Å². The van der Waals surface area contributed by atoms with Crippen molar-refractivity contribution in [1.82, 2.24) is 0 Å². The summed E-state index contributed by atoms with van der Waals surface area (Å²) in [5.41, 5.74) is -5.78. The van der Waals surface area contributed by atoms with Gasteiger partial charge in [0.05, 0.1) is 0 Å². The molecule has 0 saturated carbocycles. The molecule has 0 atom stereocenters. The topological polar surface area (TPSA) is 43.4 Å². The van der Waals surface area contributed by atoms with E-state index in [1.54, 1.807) is 34.6 Å². The minimum atomic E-state index is -5.53. The first-order chi connectivity index (χ1) is 6.71. The minimum absolute atomic E-state index is 0.312. The molecular formula is C8H15F3O3S2. The van der Waals surface area contributed by atoms with Crippen LogP contribution in [0.4, 0.5) is 13.2 Å². The average molecular weight is 280 g/mol. The Labute approximate surface area is 98.1 Å². The van der Waals surface area contributed by atoms with Gasteiger partial charge in [-0.1, -0.05) is 20.8 Å². The molecule has 16 heavy (non-hydrogen) atoms. The van der Waals surface area contributed by atoms with Crippen molar-refractivity contribution in [2.24, 2.45) is 5.41 Å². The van der Waals surface area contributed by atoms with Crippen LogP contribution >= 0.6 is 12.0 Å². The van der Waals surface area contributed by atoms with Crippen LogP contribution < -0.4 is 0 Å². The average Bonchev–Trinajstić information content (AvgIpc) is 1.97. The van der Waals surface area contributed by atoms with Crippen molar-refractivity contribution in [3.63, 3.8) is 0 Å². The number of rotatable bonds is 3. The maximum atomic E-state index is 12.0. The van der Waals surface area contributed by atoms with E-state index in [1.807, 2.05) is 0 Å². The van der Waals surface area contributed by atoms with E-state index in [0.29, 0.717) is 12.0 Å². The van der Waals surface area contributed by atoms with Crippen molar-refractivity contribution in [2.75, 3.05) is 0 Å². The zero-order chi connectivity index (χ0) is 13.4. The predicted molar refractivity (Wildman–Crippen MR) is 57.2 cm³/mol. The molecule has 0 bridgehead atoms. The Kier molecular flexibility index (Phi) is 4.39. The highest BCUT2D eigenvalue weighted by atomic mass is 32.3.